The summed E-state index contributed by atoms with van der Waals surface area (Å²) in [7, 11) is 0. The van der Waals surface area contributed by atoms with E-state index in [2.05, 4.69) is 10.6 Å². The van der Waals surface area contributed by atoms with Crippen LogP contribution in [0, 0.1) is 17.6 Å². The number of rotatable bonds is 10. The van der Waals surface area contributed by atoms with Crippen molar-refractivity contribution in [3.05, 3.63) is 71.3 Å². The summed E-state index contributed by atoms with van der Waals surface area (Å²) in [6.07, 6.45) is 1.35. The Labute approximate surface area is 198 Å². The third-order valence-electron chi connectivity index (χ3n) is 6.07. The number of halogens is 2. The lowest BCUT2D eigenvalue weighted by Gasteiger charge is -2.27. The van der Waals surface area contributed by atoms with E-state index in [9.17, 15) is 23.2 Å². The lowest BCUT2D eigenvalue weighted by molar-refractivity contribution is -0.132. The zero-order chi connectivity index (χ0) is 24.7. The maximum absolute atomic E-state index is 14.1. The monoisotopic (exact) mass is 471 g/mol. The standard InChI is InChI=1S/C26H31F2N3O3/c1-17(2)25(26(34)29-14-13-18-7-4-3-5-8-18)30-22(32)15-20-11-12-23(33)31(20)16-19-9-6-10-21(27)24(19)28/h3-10,17,20,25H,11-16H2,1-2H3,(H,29,34)(H,30,32). The van der Waals surface area contributed by atoms with E-state index in [4.69, 9.17) is 0 Å². The molecule has 34 heavy (non-hydrogen) atoms. The van der Waals surface area contributed by atoms with E-state index in [1.807, 2.05) is 44.2 Å². The zero-order valence-corrected chi connectivity index (χ0v) is 19.5. The molecule has 1 fully saturated rings. The van der Waals surface area contributed by atoms with Crippen LogP contribution in [0.3, 0.4) is 0 Å². The summed E-state index contributed by atoms with van der Waals surface area (Å²) >= 11 is 0. The molecule has 2 N–H and O–H groups in total. The SMILES string of the molecule is CC(C)C(NC(=O)CC1CCC(=O)N1Cc1cccc(F)c1F)C(=O)NCCc1ccccc1. The fourth-order valence-electron chi connectivity index (χ4n) is 4.14. The van der Waals surface area contributed by atoms with Crippen LogP contribution in [-0.2, 0) is 27.3 Å². The molecule has 1 aliphatic heterocycles. The van der Waals surface area contributed by atoms with Crippen molar-refractivity contribution in [1.29, 1.82) is 0 Å². The van der Waals surface area contributed by atoms with Gasteiger partial charge in [-0.05, 0) is 30.4 Å². The highest BCUT2D eigenvalue weighted by atomic mass is 19.2. The average molecular weight is 472 g/mol. The second-order valence-electron chi connectivity index (χ2n) is 8.95. The molecule has 2 unspecified atom stereocenters. The van der Waals surface area contributed by atoms with Crippen LogP contribution in [-0.4, -0.2) is 41.2 Å². The van der Waals surface area contributed by atoms with Crippen LogP contribution in [0.4, 0.5) is 8.78 Å². The van der Waals surface area contributed by atoms with Gasteiger partial charge in [0.05, 0.1) is 0 Å². The van der Waals surface area contributed by atoms with Gasteiger partial charge in [-0.25, -0.2) is 8.78 Å². The second-order valence-corrected chi connectivity index (χ2v) is 8.95. The number of amides is 3. The van der Waals surface area contributed by atoms with Gasteiger partial charge in [0.1, 0.15) is 6.04 Å². The Hall–Kier alpha value is -3.29. The van der Waals surface area contributed by atoms with Crippen LogP contribution in [0.25, 0.3) is 0 Å². The van der Waals surface area contributed by atoms with Gasteiger partial charge >= 0.3 is 0 Å². The molecule has 1 saturated heterocycles. The fourth-order valence-corrected chi connectivity index (χ4v) is 4.14. The number of carbonyl (C=O) groups excluding carboxylic acids is 3. The number of nitrogens with one attached hydrogen (secondary N) is 2. The average Bonchev–Trinajstić information content (AvgIpc) is 3.14. The van der Waals surface area contributed by atoms with Crippen molar-refractivity contribution in [2.24, 2.45) is 5.92 Å². The van der Waals surface area contributed by atoms with E-state index in [1.54, 1.807) is 0 Å². The maximum Gasteiger partial charge on any atom is 0.242 e. The normalized spacial score (nSPS) is 16.6. The summed E-state index contributed by atoms with van der Waals surface area (Å²) < 4.78 is 27.7. The molecule has 2 atom stereocenters. The highest BCUT2D eigenvalue weighted by molar-refractivity contribution is 5.88. The summed E-state index contributed by atoms with van der Waals surface area (Å²) in [5.41, 5.74) is 1.17. The molecular weight excluding hydrogens is 440 g/mol. The van der Waals surface area contributed by atoms with E-state index in [0.717, 1.165) is 11.6 Å². The summed E-state index contributed by atoms with van der Waals surface area (Å²) in [4.78, 5) is 39.3. The molecule has 0 aliphatic carbocycles. The molecule has 0 aromatic heterocycles. The molecule has 1 aliphatic rings. The molecule has 2 aromatic carbocycles. The smallest absolute Gasteiger partial charge is 0.242 e. The van der Waals surface area contributed by atoms with Crippen LogP contribution in [0.15, 0.2) is 48.5 Å². The number of carbonyl (C=O) groups is 3. The molecule has 8 heteroatoms. The highest BCUT2D eigenvalue weighted by Gasteiger charge is 2.34. The quantitative estimate of drug-likeness (QED) is 0.558. The van der Waals surface area contributed by atoms with Crippen molar-refractivity contribution in [2.45, 2.75) is 58.2 Å². The lowest BCUT2D eigenvalue weighted by Crippen LogP contribution is -2.51. The minimum Gasteiger partial charge on any atom is -0.354 e. The zero-order valence-electron chi connectivity index (χ0n) is 19.5. The first-order valence-corrected chi connectivity index (χ1v) is 11.6. The third-order valence-corrected chi connectivity index (χ3v) is 6.07. The molecule has 0 bridgehead atoms. The van der Waals surface area contributed by atoms with Crippen molar-refractivity contribution in [3.8, 4) is 0 Å². The molecular formula is C26H31F2N3O3. The number of nitrogens with zero attached hydrogens (tertiary/aromatic N) is 1. The van der Waals surface area contributed by atoms with Gasteiger partial charge in [-0.15, -0.1) is 0 Å². The molecule has 182 valence electrons. The van der Waals surface area contributed by atoms with Gasteiger partial charge in [0, 0.05) is 37.5 Å². The Bertz CT molecular complexity index is 1010. The van der Waals surface area contributed by atoms with Gasteiger partial charge in [0.15, 0.2) is 11.6 Å². The van der Waals surface area contributed by atoms with Gasteiger partial charge in [-0.1, -0.05) is 56.3 Å². The van der Waals surface area contributed by atoms with Gasteiger partial charge in [0.25, 0.3) is 0 Å². The van der Waals surface area contributed by atoms with Crippen LogP contribution in [0.1, 0.15) is 44.2 Å². The lowest BCUT2D eigenvalue weighted by atomic mass is 10.0. The van der Waals surface area contributed by atoms with Crippen LogP contribution >= 0.6 is 0 Å². The van der Waals surface area contributed by atoms with Gasteiger partial charge < -0.3 is 15.5 Å². The molecule has 6 nitrogen and oxygen atoms in total. The Kier molecular flexibility index (Phi) is 8.73. The van der Waals surface area contributed by atoms with E-state index in [1.165, 1.54) is 17.0 Å². The molecule has 1 heterocycles. The molecule has 3 amide bonds. The number of likely N-dealkylation sites (tertiary alicyclic amines) is 1. The molecule has 3 rings (SSSR count). The predicted molar refractivity (Wildman–Crippen MR) is 124 cm³/mol. The predicted octanol–water partition coefficient (Wildman–Crippen LogP) is 3.35. The highest BCUT2D eigenvalue weighted by Crippen LogP contribution is 2.25. The van der Waals surface area contributed by atoms with Crippen LogP contribution < -0.4 is 10.6 Å². The first-order chi connectivity index (χ1) is 16.3. The van der Waals surface area contributed by atoms with Crippen molar-refractivity contribution in [3.63, 3.8) is 0 Å². The Morgan fingerprint density at radius 1 is 1.09 bits per heavy atom. The van der Waals surface area contributed by atoms with E-state index in [-0.39, 0.29) is 48.6 Å². The molecule has 0 radical (unpaired) electrons. The number of hydrogen-bond acceptors (Lipinski definition) is 3. The third kappa shape index (κ3) is 6.62. The number of hydrogen-bond donors (Lipinski definition) is 2. The first-order valence-electron chi connectivity index (χ1n) is 11.6. The van der Waals surface area contributed by atoms with Crippen LogP contribution in [0.5, 0.6) is 0 Å². The minimum absolute atomic E-state index is 0.0107. The summed E-state index contributed by atoms with van der Waals surface area (Å²) in [5, 5.41) is 5.66. The Balaban J connectivity index is 1.56. The van der Waals surface area contributed by atoms with E-state index >= 15 is 0 Å². The van der Waals surface area contributed by atoms with Crippen molar-refractivity contribution < 1.29 is 23.2 Å². The molecule has 2 aromatic rings. The number of benzene rings is 2. The van der Waals surface area contributed by atoms with Gasteiger partial charge in [-0.2, -0.15) is 0 Å². The van der Waals surface area contributed by atoms with Gasteiger partial charge in [0.2, 0.25) is 17.7 Å². The Morgan fingerprint density at radius 3 is 2.53 bits per heavy atom. The minimum atomic E-state index is -0.988. The van der Waals surface area contributed by atoms with E-state index in [0.29, 0.717) is 19.4 Å². The second kappa shape index (κ2) is 11.7. The largest absolute Gasteiger partial charge is 0.354 e. The molecule has 0 spiro atoms. The topological polar surface area (TPSA) is 78.5 Å². The first kappa shape index (κ1) is 25.3. The fraction of sp³-hybridized carbons (Fsp3) is 0.423. The Morgan fingerprint density at radius 2 is 1.82 bits per heavy atom. The van der Waals surface area contributed by atoms with Crippen molar-refractivity contribution >= 4 is 17.7 Å². The van der Waals surface area contributed by atoms with Crippen molar-refractivity contribution in [1.82, 2.24) is 15.5 Å². The van der Waals surface area contributed by atoms with E-state index < -0.39 is 23.7 Å². The molecule has 0 saturated carbocycles. The van der Waals surface area contributed by atoms with Crippen LogP contribution in [0.2, 0.25) is 0 Å². The summed E-state index contributed by atoms with van der Waals surface area (Å²) in [5.74, 6) is -2.93. The summed E-state index contributed by atoms with van der Waals surface area (Å²) in [6.45, 7) is 4.04. The van der Waals surface area contributed by atoms with Gasteiger partial charge in [-0.3, -0.25) is 14.4 Å². The van der Waals surface area contributed by atoms with Crippen molar-refractivity contribution in [2.75, 3.05) is 6.54 Å². The summed E-state index contributed by atoms with van der Waals surface area (Å²) in [6, 6.07) is 12.5. The maximum atomic E-state index is 14.1.